The molecule has 0 radical (unpaired) electrons. The third kappa shape index (κ3) is 4.04. The number of esters is 2. The first-order valence-corrected chi connectivity index (χ1v) is 17.0. The van der Waals surface area contributed by atoms with Crippen molar-refractivity contribution in [1.29, 1.82) is 0 Å². The number of carbonyl (C=O) groups excluding carboxylic acids is 3. The van der Waals surface area contributed by atoms with Crippen molar-refractivity contribution < 1.29 is 53.1 Å². The van der Waals surface area contributed by atoms with Crippen LogP contribution in [0, 0.1) is 34.0 Å². The predicted molar refractivity (Wildman–Crippen MR) is 160 cm³/mol. The zero-order chi connectivity index (χ0) is 32.9. The second-order valence-corrected chi connectivity index (χ2v) is 15.7. The highest BCUT2D eigenvalue weighted by Gasteiger charge is 2.90. The van der Waals surface area contributed by atoms with Gasteiger partial charge < -0.3 is 38.7 Å². The number of hydrogen-bond donors (Lipinski definition) is 3. The second kappa shape index (κ2) is 10.9. The molecule has 1 aromatic heterocycles. The van der Waals surface area contributed by atoms with Gasteiger partial charge in [0.1, 0.15) is 30.2 Å². The van der Waals surface area contributed by atoms with Gasteiger partial charge in [-0.1, -0.05) is 33.1 Å². The quantitative estimate of drug-likeness (QED) is 0.195. The average molecular weight is 645 g/mol. The van der Waals surface area contributed by atoms with Crippen molar-refractivity contribution in [3.05, 3.63) is 23.7 Å². The maximum absolute atomic E-state index is 14.4. The van der Waals surface area contributed by atoms with Gasteiger partial charge in [0, 0.05) is 41.4 Å². The first-order valence-electron chi connectivity index (χ1n) is 17.0. The van der Waals surface area contributed by atoms with Gasteiger partial charge in [0.25, 0.3) is 0 Å². The first-order chi connectivity index (χ1) is 21.8. The summed E-state index contributed by atoms with van der Waals surface area (Å²) in [6.45, 7) is 7.78. The van der Waals surface area contributed by atoms with Crippen LogP contribution in [0.5, 0.6) is 0 Å². The number of Topliss-reactive ketones (excluding diaryl/α,β-unsaturated/α-hetero) is 1. The van der Waals surface area contributed by atoms with Crippen molar-refractivity contribution >= 4 is 17.7 Å². The number of aliphatic hydroxyl groups is 3. The third-order valence-corrected chi connectivity index (χ3v) is 13.2. The fourth-order valence-electron chi connectivity index (χ4n) is 11.2. The number of ether oxygens (including phenoxy) is 4. The van der Waals surface area contributed by atoms with E-state index in [0.29, 0.717) is 30.6 Å². The lowest BCUT2D eigenvalue weighted by Gasteiger charge is -2.66. The summed E-state index contributed by atoms with van der Waals surface area (Å²) in [7, 11) is 0. The SMILES string of the molecule is CC1(C)O[C@H]2CC(=O)OC[C@]23[C@H]1C(=O)[C@@H](O)[C@]1(C)[C@H]3CC[C@@]2(C)[C@H](c3ccoc3C[C@H](CO)CCCCCCO)OC(=O)[C@H]3O[C@]312. The van der Waals surface area contributed by atoms with Crippen LogP contribution in [0.2, 0.25) is 0 Å². The monoisotopic (exact) mass is 644 g/mol. The maximum Gasteiger partial charge on any atom is 0.339 e. The van der Waals surface area contributed by atoms with E-state index in [1.807, 2.05) is 33.8 Å². The standard InChI is InChI=1S/C35H48O11/c1-31(2)26-25(39)27(40)33(4)22(34(26)18-43-24(38)16-23(34)45-31)10-12-32(3)28(44-30(41)29-35(32,33)46-29)20-11-14-42-21(20)15-19(17-37)9-7-5-6-8-13-36/h11,14,19,22-23,26-29,36-37,40H,5-10,12-13,15-18H2,1-4H3/t19-,22-,23+,26+,27-,28+,29-,32+,33+,34-,35+/m1/s1. The Morgan fingerprint density at radius 1 is 1.00 bits per heavy atom. The van der Waals surface area contributed by atoms with Crippen LogP contribution in [-0.2, 0) is 39.8 Å². The molecule has 46 heavy (non-hydrogen) atoms. The van der Waals surface area contributed by atoms with Crippen LogP contribution in [0.15, 0.2) is 16.7 Å². The van der Waals surface area contributed by atoms with E-state index in [0.717, 1.165) is 32.1 Å². The van der Waals surface area contributed by atoms with Crippen LogP contribution in [-0.4, -0.2) is 82.4 Å². The van der Waals surface area contributed by atoms with E-state index in [4.69, 9.17) is 28.5 Å². The van der Waals surface area contributed by atoms with Crippen LogP contribution in [0.1, 0.15) is 96.5 Å². The summed E-state index contributed by atoms with van der Waals surface area (Å²) in [6.07, 6.45) is 3.89. The summed E-state index contributed by atoms with van der Waals surface area (Å²) in [6, 6.07) is 1.82. The molecule has 254 valence electrons. The van der Waals surface area contributed by atoms with Crippen molar-refractivity contribution in [3.8, 4) is 0 Å². The number of ketones is 1. The maximum atomic E-state index is 14.4. The molecule has 0 bridgehead atoms. The molecule has 0 aromatic carbocycles. The van der Waals surface area contributed by atoms with Gasteiger partial charge in [-0.3, -0.25) is 9.59 Å². The molecule has 11 nitrogen and oxygen atoms in total. The van der Waals surface area contributed by atoms with E-state index < -0.39 is 63.8 Å². The molecule has 2 saturated carbocycles. The topological polar surface area (TPSA) is 165 Å². The van der Waals surface area contributed by atoms with Gasteiger partial charge in [-0.05, 0) is 57.4 Å². The van der Waals surface area contributed by atoms with Crippen molar-refractivity contribution in [2.24, 2.45) is 34.0 Å². The average Bonchev–Trinajstić information content (AvgIpc) is 3.57. The predicted octanol–water partition coefficient (Wildman–Crippen LogP) is 3.20. The van der Waals surface area contributed by atoms with Crippen molar-refractivity contribution in [2.75, 3.05) is 19.8 Å². The Kier molecular flexibility index (Phi) is 7.61. The zero-order valence-electron chi connectivity index (χ0n) is 27.3. The molecule has 0 amide bonds. The van der Waals surface area contributed by atoms with E-state index >= 15 is 0 Å². The fourth-order valence-corrected chi connectivity index (χ4v) is 11.2. The molecule has 11 heteroatoms. The first kappa shape index (κ1) is 32.2. The molecule has 11 atom stereocenters. The fraction of sp³-hybridized carbons (Fsp3) is 0.800. The summed E-state index contributed by atoms with van der Waals surface area (Å²) >= 11 is 0. The molecule has 4 aliphatic heterocycles. The molecule has 0 unspecified atom stereocenters. The van der Waals surface area contributed by atoms with Crippen molar-refractivity contribution in [3.63, 3.8) is 0 Å². The highest BCUT2D eigenvalue weighted by Crippen LogP contribution is 2.80. The lowest BCUT2D eigenvalue weighted by molar-refractivity contribution is -0.252. The zero-order valence-corrected chi connectivity index (χ0v) is 27.3. The van der Waals surface area contributed by atoms with Crippen molar-refractivity contribution in [2.45, 2.75) is 121 Å². The normalized spacial score (nSPS) is 44.2. The summed E-state index contributed by atoms with van der Waals surface area (Å²) in [5.41, 5.74) is -4.30. The minimum Gasteiger partial charge on any atom is -0.469 e. The van der Waals surface area contributed by atoms with Crippen LogP contribution in [0.3, 0.4) is 0 Å². The number of unbranched alkanes of at least 4 members (excludes halogenated alkanes) is 3. The lowest BCUT2D eigenvalue weighted by atomic mass is 9.36. The number of aliphatic hydroxyl groups excluding tert-OH is 3. The molecule has 2 spiro atoms. The van der Waals surface area contributed by atoms with Crippen LogP contribution in [0.4, 0.5) is 0 Å². The molecule has 3 N–H and O–H groups in total. The Labute approximate surface area is 269 Å². The molecule has 6 aliphatic rings. The molecule has 2 aliphatic carbocycles. The van der Waals surface area contributed by atoms with E-state index in [1.165, 1.54) is 0 Å². The Morgan fingerprint density at radius 2 is 1.76 bits per heavy atom. The number of epoxide rings is 1. The van der Waals surface area contributed by atoms with Gasteiger partial charge in [0.2, 0.25) is 0 Å². The molecular formula is C35H48O11. The minimum absolute atomic E-state index is 0.0154. The highest BCUT2D eigenvalue weighted by atomic mass is 16.7. The van der Waals surface area contributed by atoms with E-state index in [2.05, 4.69) is 0 Å². The van der Waals surface area contributed by atoms with Crippen LogP contribution >= 0.6 is 0 Å². The summed E-state index contributed by atoms with van der Waals surface area (Å²) in [5, 5.41) is 31.4. The number of hydrogen-bond acceptors (Lipinski definition) is 11. The smallest absolute Gasteiger partial charge is 0.339 e. The summed E-state index contributed by atoms with van der Waals surface area (Å²) in [4.78, 5) is 40.6. The number of carbonyl (C=O) groups is 3. The molecule has 5 heterocycles. The summed E-state index contributed by atoms with van der Waals surface area (Å²) in [5.74, 6) is -1.70. The van der Waals surface area contributed by atoms with E-state index in [9.17, 15) is 24.6 Å². The molecule has 4 saturated heterocycles. The summed E-state index contributed by atoms with van der Waals surface area (Å²) < 4.78 is 30.9. The van der Waals surface area contributed by atoms with E-state index in [1.54, 1.807) is 6.26 Å². The van der Waals surface area contributed by atoms with Gasteiger partial charge in [-0.15, -0.1) is 0 Å². The second-order valence-electron chi connectivity index (χ2n) is 15.7. The number of furan rings is 1. The number of cyclic esters (lactones) is 2. The van der Waals surface area contributed by atoms with Crippen molar-refractivity contribution in [1.82, 2.24) is 0 Å². The largest absolute Gasteiger partial charge is 0.469 e. The van der Waals surface area contributed by atoms with Gasteiger partial charge >= 0.3 is 11.9 Å². The molecule has 6 fully saturated rings. The van der Waals surface area contributed by atoms with Gasteiger partial charge in [-0.25, -0.2) is 4.79 Å². The lowest BCUT2D eigenvalue weighted by Crippen LogP contribution is -2.76. The van der Waals surface area contributed by atoms with Crippen LogP contribution in [0.25, 0.3) is 0 Å². The minimum atomic E-state index is -1.43. The Bertz CT molecular complexity index is 1400. The number of rotatable bonds is 10. The third-order valence-electron chi connectivity index (χ3n) is 13.2. The molecular weight excluding hydrogens is 596 g/mol. The van der Waals surface area contributed by atoms with E-state index in [-0.39, 0.29) is 49.8 Å². The Morgan fingerprint density at radius 3 is 2.50 bits per heavy atom. The Hall–Kier alpha value is -2.31. The highest BCUT2D eigenvalue weighted by molar-refractivity contribution is 5.92. The molecule has 7 rings (SSSR count). The van der Waals surface area contributed by atoms with Gasteiger partial charge in [0.05, 0.1) is 30.3 Å². The Balaban J connectivity index is 1.25. The molecule has 1 aromatic rings. The van der Waals surface area contributed by atoms with Gasteiger partial charge in [-0.2, -0.15) is 0 Å². The van der Waals surface area contributed by atoms with Crippen LogP contribution < -0.4 is 0 Å². The van der Waals surface area contributed by atoms with Gasteiger partial charge in [0.15, 0.2) is 11.9 Å². The number of fused-ring (bicyclic) bond motifs is 1.